The van der Waals surface area contributed by atoms with Crippen LogP contribution in [0.15, 0.2) is 78.9 Å². The number of nitrogens with zero attached hydrogens (tertiary/aromatic N) is 1. The van der Waals surface area contributed by atoms with Crippen LogP contribution in [0.5, 0.6) is 5.75 Å². The van der Waals surface area contributed by atoms with Crippen LogP contribution in [0.2, 0.25) is 0 Å². The van der Waals surface area contributed by atoms with Crippen LogP contribution < -0.4 is 15.4 Å². The highest BCUT2D eigenvalue weighted by molar-refractivity contribution is 6.02. The maximum atomic E-state index is 13.2. The highest BCUT2D eigenvalue weighted by Crippen LogP contribution is 2.35. The Bertz CT molecular complexity index is 1290. The maximum Gasteiger partial charge on any atom is 0.418 e. The van der Waals surface area contributed by atoms with E-state index in [2.05, 4.69) is 15.6 Å². The molecule has 33 heavy (non-hydrogen) atoms. The van der Waals surface area contributed by atoms with Crippen LogP contribution in [-0.2, 0) is 6.18 Å². The molecule has 2 N–H and O–H groups in total. The van der Waals surface area contributed by atoms with Crippen molar-refractivity contribution in [1.29, 1.82) is 0 Å². The number of nitrogens with one attached hydrogen (secondary N) is 2. The average molecular weight is 451 g/mol. The molecule has 0 saturated carbocycles. The lowest BCUT2D eigenvalue weighted by molar-refractivity contribution is -0.136. The van der Waals surface area contributed by atoms with Crippen LogP contribution in [0.1, 0.15) is 12.5 Å². The molecule has 0 atom stereocenters. The molecule has 0 aliphatic carbocycles. The minimum Gasteiger partial charge on any atom is -0.493 e. The summed E-state index contributed by atoms with van der Waals surface area (Å²) in [5.41, 5.74) is 1.48. The second-order valence-electron chi connectivity index (χ2n) is 7.16. The molecule has 3 aromatic carbocycles. The third kappa shape index (κ3) is 5.06. The van der Waals surface area contributed by atoms with E-state index in [-0.39, 0.29) is 5.69 Å². The molecule has 0 bridgehead atoms. The smallest absolute Gasteiger partial charge is 0.418 e. The normalized spacial score (nSPS) is 11.3. The number of alkyl halides is 3. The monoisotopic (exact) mass is 451 g/mol. The van der Waals surface area contributed by atoms with E-state index in [4.69, 9.17) is 4.74 Å². The average Bonchev–Trinajstić information content (AvgIpc) is 2.79. The van der Waals surface area contributed by atoms with E-state index in [0.717, 1.165) is 17.3 Å². The lowest BCUT2D eigenvalue weighted by atomic mass is 10.1. The number of anilines is 2. The molecule has 0 saturated heterocycles. The van der Waals surface area contributed by atoms with E-state index < -0.39 is 17.8 Å². The Kier molecular flexibility index (Phi) is 6.17. The fourth-order valence-corrected chi connectivity index (χ4v) is 3.43. The van der Waals surface area contributed by atoms with Crippen LogP contribution in [0.25, 0.3) is 22.2 Å². The number of halogens is 3. The van der Waals surface area contributed by atoms with Crippen LogP contribution in [0.3, 0.4) is 0 Å². The number of para-hydroxylation sites is 1. The molecule has 1 heterocycles. The van der Waals surface area contributed by atoms with Gasteiger partial charge in [0.05, 0.1) is 29.1 Å². The van der Waals surface area contributed by atoms with Crippen LogP contribution in [-0.4, -0.2) is 17.6 Å². The first-order valence-electron chi connectivity index (χ1n) is 10.2. The Morgan fingerprint density at radius 3 is 2.39 bits per heavy atom. The van der Waals surface area contributed by atoms with Gasteiger partial charge in [-0.3, -0.25) is 0 Å². The van der Waals surface area contributed by atoms with Gasteiger partial charge in [0.25, 0.3) is 0 Å². The van der Waals surface area contributed by atoms with Crippen molar-refractivity contribution in [1.82, 2.24) is 4.98 Å². The highest BCUT2D eigenvalue weighted by Gasteiger charge is 2.33. The molecule has 0 radical (unpaired) electrons. The summed E-state index contributed by atoms with van der Waals surface area (Å²) in [6.45, 7) is 2.29. The number of carbonyl (C=O) groups excluding carboxylic acids is 1. The number of aromatic nitrogens is 1. The summed E-state index contributed by atoms with van der Waals surface area (Å²) in [6.07, 6.45) is -4.58. The van der Waals surface area contributed by atoms with Crippen molar-refractivity contribution in [2.45, 2.75) is 13.1 Å². The molecule has 5 nitrogen and oxygen atoms in total. The minimum atomic E-state index is -4.58. The van der Waals surface area contributed by atoms with E-state index in [9.17, 15) is 18.0 Å². The van der Waals surface area contributed by atoms with E-state index in [1.807, 2.05) is 43.3 Å². The van der Waals surface area contributed by atoms with Gasteiger partial charge in [-0.15, -0.1) is 0 Å². The SMILES string of the molecule is CCOc1cc(-c2ccccc2)nc2ccc(NC(=O)Nc3ccccc3C(F)(F)F)cc12. The van der Waals surface area contributed by atoms with E-state index >= 15 is 0 Å². The molecular weight excluding hydrogens is 431 g/mol. The molecule has 4 aromatic rings. The summed E-state index contributed by atoms with van der Waals surface area (Å²) >= 11 is 0. The molecule has 1 aromatic heterocycles. The standard InChI is InChI=1S/C25H20F3N3O2/c1-2-33-23-15-22(16-8-4-3-5-9-16)30-20-13-12-17(14-18(20)23)29-24(32)31-21-11-7-6-10-19(21)25(26,27)28/h3-15H,2H2,1H3,(H2,29,31,32). The van der Waals surface area contributed by atoms with Gasteiger partial charge in [-0.05, 0) is 37.3 Å². The largest absolute Gasteiger partial charge is 0.493 e. The fraction of sp³-hybridized carbons (Fsp3) is 0.120. The van der Waals surface area contributed by atoms with Gasteiger partial charge in [0, 0.05) is 22.7 Å². The zero-order chi connectivity index (χ0) is 23.4. The Labute approximate surface area is 188 Å². The molecular formula is C25H20F3N3O2. The highest BCUT2D eigenvalue weighted by atomic mass is 19.4. The summed E-state index contributed by atoms with van der Waals surface area (Å²) in [5.74, 6) is 0.591. The molecule has 4 rings (SSSR count). The number of hydrogen-bond acceptors (Lipinski definition) is 3. The maximum absolute atomic E-state index is 13.2. The number of rotatable bonds is 5. The van der Waals surface area contributed by atoms with Gasteiger partial charge in [0.15, 0.2) is 0 Å². The molecule has 168 valence electrons. The van der Waals surface area contributed by atoms with E-state index in [0.29, 0.717) is 28.9 Å². The zero-order valence-electron chi connectivity index (χ0n) is 17.6. The van der Waals surface area contributed by atoms with Crippen LogP contribution in [0, 0.1) is 0 Å². The van der Waals surface area contributed by atoms with Crippen molar-refractivity contribution in [3.05, 3.63) is 84.4 Å². The molecule has 2 amide bonds. The quantitative estimate of drug-likeness (QED) is 0.345. The molecule has 0 unspecified atom stereocenters. The number of hydrogen-bond donors (Lipinski definition) is 2. The number of pyridine rings is 1. The van der Waals surface area contributed by atoms with E-state index in [1.54, 1.807) is 18.2 Å². The van der Waals surface area contributed by atoms with Gasteiger partial charge >= 0.3 is 12.2 Å². The predicted octanol–water partition coefficient (Wildman–Crippen LogP) is 6.96. The summed E-state index contributed by atoms with van der Waals surface area (Å²) in [6, 6.07) is 20.5. The fourth-order valence-electron chi connectivity index (χ4n) is 3.43. The summed E-state index contributed by atoms with van der Waals surface area (Å²) in [4.78, 5) is 17.1. The molecule has 0 spiro atoms. The van der Waals surface area contributed by atoms with Crippen molar-refractivity contribution in [2.24, 2.45) is 0 Å². The second-order valence-corrected chi connectivity index (χ2v) is 7.16. The van der Waals surface area contributed by atoms with Crippen LogP contribution in [0.4, 0.5) is 29.3 Å². The lowest BCUT2D eigenvalue weighted by Crippen LogP contribution is -2.21. The first kappa shape index (κ1) is 22.1. The number of urea groups is 1. The van der Waals surface area contributed by atoms with Crippen molar-refractivity contribution in [2.75, 3.05) is 17.2 Å². The zero-order valence-corrected chi connectivity index (χ0v) is 17.6. The van der Waals surface area contributed by atoms with Crippen molar-refractivity contribution in [3.8, 4) is 17.0 Å². The van der Waals surface area contributed by atoms with Crippen molar-refractivity contribution in [3.63, 3.8) is 0 Å². The Hall–Kier alpha value is -4.07. The number of benzene rings is 3. The van der Waals surface area contributed by atoms with Crippen molar-refractivity contribution >= 4 is 28.3 Å². The Morgan fingerprint density at radius 2 is 1.67 bits per heavy atom. The van der Waals surface area contributed by atoms with Gasteiger partial charge in [-0.1, -0.05) is 42.5 Å². The molecule has 0 fully saturated rings. The summed E-state index contributed by atoms with van der Waals surface area (Å²) < 4.78 is 45.3. The summed E-state index contributed by atoms with van der Waals surface area (Å²) in [5, 5.41) is 5.51. The third-order valence-electron chi connectivity index (χ3n) is 4.88. The van der Waals surface area contributed by atoms with Gasteiger partial charge in [-0.2, -0.15) is 13.2 Å². The Balaban J connectivity index is 1.62. The third-order valence-corrected chi connectivity index (χ3v) is 4.88. The second kappa shape index (κ2) is 9.20. The number of amides is 2. The van der Waals surface area contributed by atoms with Gasteiger partial charge in [0.1, 0.15) is 5.75 Å². The number of carbonyl (C=O) groups is 1. The molecule has 0 aliphatic heterocycles. The summed E-state index contributed by atoms with van der Waals surface area (Å²) in [7, 11) is 0. The number of fused-ring (bicyclic) bond motifs is 1. The topological polar surface area (TPSA) is 63.2 Å². The molecule has 0 aliphatic rings. The van der Waals surface area contributed by atoms with Gasteiger partial charge in [0.2, 0.25) is 0 Å². The van der Waals surface area contributed by atoms with Gasteiger partial charge in [-0.25, -0.2) is 9.78 Å². The van der Waals surface area contributed by atoms with Crippen molar-refractivity contribution < 1.29 is 22.7 Å². The number of ether oxygens (including phenoxy) is 1. The lowest BCUT2D eigenvalue weighted by Gasteiger charge is -2.15. The van der Waals surface area contributed by atoms with Crippen LogP contribution >= 0.6 is 0 Å². The molecule has 8 heteroatoms. The minimum absolute atomic E-state index is 0.326. The predicted molar refractivity (Wildman–Crippen MR) is 122 cm³/mol. The van der Waals surface area contributed by atoms with Gasteiger partial charge < -0.3 is 15.4 Å². The first-order chi connectivity index (χ1) is 15.8. The Morgan fingerprint density at radius 1 is 0.939 bits per heavy atom. The van der Waals surface area contributed by atoms with E-state index in [1.165, 1.54) is 18.2 Å². The first-order valence-corrected chi connectivity index (χ1v) is 10.2.